The Hall–Kier alpha value is -1.47. The lowest BCUT2D eigenvalue weighted by Crippen LogP contribution is -3.00. The number of phenolic OH excluding ortho intramolecular Hbond substituents is 2. The van der Waals surface area contributed by atoms with E-state index in [0.717, 1.165) is 6.07 Å². The first-order valence-corrected chi connectivity index (χ1v) is 2.61. The number of nitrogens with zero attached hydrogens (tertiary/aromatic N) is 2. The van der Waals surface area contributed by atoms with Crippen molar-refractivity contribution in [3.8, 4) is 11.5 Å². The number of rotatable bonds is 0. The number of hydrogen-bond acceptors (Lipinski definition) is 3. The average Bonchev–Trinajstić information content (AvgIpc) is 1.88. The van der Waals surface area contributed by atoms with Crippen molar-refractivity contribution in [1.82, 2.24) is 0 Å². The standard InChI is InChI=1S/C6H4N2O2.ClH/c7-8-5-2-1-4(9)3-6(5)10;/h1-3H,(H-,9,10);1H. The van der Waals surface area contributed by atoms with Crippen LogP contribution in [0.1, 0.15) is 0 Å². The predicted octanol–water partition coefficient (Wildman–Crippen LogP) is -1.41. The van der Waals surface area contributed by atoms with Crippen LogP contribution in [0.5, 0.6) is 11.5 Å². The number of benzene rings is 1. The summed E-state index contributed by atoms with van der Waals surface area (Å²) in [6, 6.07) is 3.70. The maximum atomic E-state index is 8.88. The van der Waals surface area contributed by atoms with Crippen LogP contribution in [0.25, 0.3) is 4.98 Å². The van der Waals surface area contributed by atoms with Gasteiger partial charge in [0.05, 0.1) is 0 Å². The molecule has 2 N–H and O–H groups in total. The van der Waals surface area contributed by atoms with Crippen molar-refractivity contribution in [3.05, 3.63) is 23.2 Å². The van der Waals surface area contributed by atoms with Crippen molar-refractivity contribution in [3.63, 3.8) is 0 Å². The van der Waals surface area contributed by atoms with Gasteiger partial charge in [-0.05, 0) is 6.07 Å². The van der Waals surface area contributed by atoms with Gasteiger partial charge < -0.3 is 22.6 Å². The Morgan fingerprint density at radius 2 is 1.91 bits per heavy atom. The fourth-order valence-electron chi connectivity index (χ4n) is 0.596. The van der Waals surface area contributed by atoms with E-state index in [2.05, 4.69) is 4.98 Å². The molecule has 0 aliphatic carbocycles. The highest BCUT2D eigenvalue weighted by Gasteiger charge is 2.11. The molecule has 4 nitrogen and oxygen atoms in total. The first kappa shape index (κ1) is 9.53. The Bertz CT molecular complexity index is 295. The molecular formula is C6H5ClN2O2. The van der Waals surface area contributed by atoms with Crippen LogP contribution < -0.4 is 12.4 Å². The van der Waals surface area contributed by atoms with Crippen molar-refractivity contribution < 1.29 is 22.6 Å². The van der Waals surface area contributed by atoms with Crippen LogP contribution in [0.4, 0.5) is 5.69 Å². The summed E-state index contributed by atoms with van der Waals surface area (Å²) in [5.41, 5.74) is 0.0396. The molecule has 0 radical (unpaired) electrons. The molecule has 0 fully saturated rings. The molecule has 5 heteroatoms. The minimum Gasteiger partial charge on any atom is -1.00 e. The monoisotopic (exact) mass is 172 g/mol. The zero-order chi connectivity index (χ0) is 7.56. The van der Waals surface area contributed by atoms with E-state index in [-0.39, 0.29) is 29.6 Å². The van der Waals surface area contributed by atoms with Gasteiger partial charge in [-0.2, -0.15) is 0 Å². The molecule has 0 atom stereocenters. The number of halogens is 1. The third kappa shape index (κ3) is 1.99. The molecule has 0 aliphatic rings. The Balaban J connectivity index is 0.000001000. The van der Waals surface area contributed by atoms with Gasteiger partial charge in [-0.15, -0.1) is 0 Å². The third-order valence-electron chi connectivity index (χ3n) is 1.07. The Morgan fingerprint density at radius 3 is 2.36 bits per heavy atom. The van der Waals surface area contributed by atoms with Crippen LogP contribution in [0.15, 0.2) is 18.2 Å². The van der Waals surface area contributed by atoms with Gasteiger partial charge in [-0.3, -0.25) is 0 Å². The molecule has 0 aromatic heterocycles. The second-order valence-corrected chi connectivity index (χ2v) is 1.77. The molecule has 1 rings (SSSR count). The maximum Gasteiger partial charge on any atom is 0.426 e. The van der Waals surface area contributed by atoms with Crippen LogP contribution in [-0.2, 0) is 0 Å². The summed E-state index contributed by atoms with van der Waals surface area (Å²) < 4.78 is 0. The summed E-state index contributed by atoms with van der Waals surface area (Å²) in [5, 5.41) is 25.8. The van der Waals surface area contributed by atoms with E-state index in [1.54, 1.807) is 0 Å². The molecular weight excluding hydrogens is 168 g/mol. The van der Waals surface area contributed by atoms with Gasteiger partial charge >= 0.3 is 5.69 Å². The van der Waals surface area contributed by atoms with Crippen LogP contribution in [0, 0.1) is 5.39 Å². The molecule has 0 unspecified atom stereocenters. The molecule has 0 heterocycles. The summed E-state index contributed by atoms with van der Waals surface area (Å²) in [6.07, 6.45) is 0. The fraction of sp³-hybridized carbons (Fsp3) is 0. The Kier molecular flexibility index (Phi) is 3.15. The van der Waals surface area contributed by atoms with Gasteiger partial charge in [-0.1, -0.05) is 0 Å². The van der Waals surface area contributed by atoms with Crippen LogP contribution in [0.2, 0.25) is 0 Å². The van der Waals surface area contributed by atoms with Gasteiger partial charge in [0.15, 0.2) is 4.98 Å². The van der Waals surface area contributed by atoms with Crippen molar-refractivity contribution in [2.45, 2.75) is 0 Å². The summed E-state index contributed by atoms with van der Waals surface area (Å²) in [4.78, 5) is 2.75. The zero-order valence-corrected chi connectivity index (χ0v) is 6.15. The normalized spacial score (nSPS) is 7.91. The van der Waals surface area contributed by atoms with Crippen molar-refractivity contribution in [2.75, 3.05) is 0 Å². The maximum absolute atomic E-state index is 8.88. The quantitative estimate of drug-likeness (QED) is 0.473. The summed E-state index contributed by atoms with van der Waals surface area (Å²) in [7, 11) is 0. The van der Waals surface area contributed by atoms with Crippen molar-refractivity contribution in [2.24, 2.45) is 0 Å². The highest BCUT2D eigenvalue weighted by Crippen LogP contribution is 2.29. The largest absolute Gasteiger partial charge is 1.00 e. The predicted molar refractivity (Wildman–Crippen MR) is 34.5 cm³/mol. The topological polar surface area (TPSA) is 68.6 Å². The average molecular weight is 173 g/mol. The van der Waals surface area contributed by atoms with Gasteiger partial charge in [0.1, 0.15) is 5.75 Å². The van der Waals surface area contributed by atoms with E-state index in [4.69, 9.17) is 15.6 Å². The molecule has 0 aliphatic heterocycles. The molecule has 0 bridgehead atoms. The van der Waals surface area contributed by atoms with E-state index in [1.165, 1.54) is 12.1 Å². The number of phenols is 2. The Morgan fingerprint density at radius 1 is 1.27 bits per heavy atom. The summed E-state index contributed by atoms with van der Waals surface area (Å²) in [6.45, 7) is 0. The lowest BCUT2D eigenvalue weighted by Gasteiger charge is -1.87. The van der Waals surface area contributed by atoms with Crippen molar-refractivity contribution >= 4 is 5.69 Å². The highest BCUT2D eigenvalue weighted by molar-refractivity contribution is 5.58. The molecule has 1 aromatic carbocycles. The number of hydrogen-bond donors (Lipinski definition) is 2. The first-order chi connectivity index (χ1) is 4.74. The summed E-state index contributed by atoms with van der Waals surface area (Å²) in [5.74, 6) is -0.313. The molecule has 0 saturated carbocycles. The Labute approximate surface area is 69.1 Å². The van der Waals surface area contributed by atoms with Crippen LogP contribution in [-0.4, -0.2) is 10.2 Å². The lowest BCUT2D eigenvalue weighted by atomic mass is 10.3. The third-order valence-corrected chi connectivity index (χ3v) is 1.07. The summed E-state index contributed by atoms with van der Waals surface area (Å²) >= 11 is 0. The minimum atomic E-state index is -0.248. The van der Waals surface area contributed by atoms with Crippen LogP contribution in [0.3, 0.4) is 0 Å². The minimum absolute atomic E-state index is 0. The number of aromatic hydroxyl groups is 2. The first-order valence-electron chi connectivity index (χ1n) is 2.61. The van der Waals surface area contributed by atoms with Gasteiger partial charge in [0.2, 0.25) is 11.1 Å². The fourth-order valence-corrected chi connectivity index (χ4v) is 0.596. The second kappa shape index (κ2) is 3.64. The van der Waals surface area contributed by atoms with Crippen LogP contribution >= 0.6 is 0 Å². The SMILES string of the molecule is N#[N+]c1ccc(O)cc1O.[Cl-]. The molecule has 0 amide bonds. The molecule has 11 heavy (non-hydrogen) atoms. The van der Waals surface area contributed by atoms with E-state index in [0.29, 0.717) is 0 Å². The highest BCUT2D eigenvalue weighted by atomic mass is 35.5. The van der Waals surface area contributed by atoms with E-state index < -0.39 is 0 Å². The lowest BCUT2D eigenvalue weighted by molar-refractivity contribution is -0.00000440. The molecule has 1 aromatic rings. The van der Waals surface area contributed by atoms with Gasteiger partial charge in [-0.25, -0.2) is 0 Å². The second-order valence-electron chi connectivity index (χ2n) is 1.77. The number of diazo groups is 1. The molecule has 0 spiro atoms. The van der Waals surface area contributed by atoms with Gasteiger partial charge in [0, 0.05) is 12.1 Å². The molecule has 0 saturated heterocycles. The smallest absolute Gasteiger partial charge is 0.426 e. The van der Waals surface area contributed by atoms with Crippen molar-refractivity contribution in [1.29, 1.82) is 5.39 Å². The van der Waals surface area contributed by atoms with E-state index in [1.807, 2.05) is 0 Å². The molecule has 58 valence electrons. The van der Waals surface area contributed by atoms with Gasteiger partial charge in [0.25, 0.3) is 0 Å². The van der Waals surface area contributed by atoms with E-state index in [9.17, 15) is 0 Å². The zero-order valence-electron chi connectivity index (χ0n) is 5.40. The van der Waals surface area contributed by atoms with E-state index >= 15 is 0 Å².